The lowest BCUT2D eigenvalue weighted by Gasteiger charge is -2.44. The Labute approximate surface area is 158 Å². The van der Waals surface area contributed by atoms with Crippen LogP contribution in [-0.4, -0.2) is 75.6 Å². The van der Waals surface area contributed by atoms with Crippen molar-refractivity contribution >= 4 is 31.7 Å². The summed E-state index contributed by atoms with van der Waals surface area (Å²) in [4.78, 5) is 45.8. The van der Waals surface area contributed by atoms with Crippen molar-refractivity contribution in [2.24, 2.45) is 0 Å². The lowest BCUT2D eigenvalue weighted by atomic mass is 9.98. The maximum Gasteiger partial charge on any atom is 0.303 e. The second-order valence-corrected chi connectivity index (χ2v) is 5.73. The van der Waals surface area contributed by atoms with E-state index in [9.17, 15) is 19.2 Å². The van der Waals surface area contributed by atoms with Gasteiger partial charge >= 0.3 is 23.9 Å². The minimum absolute atomic E-state index is 0.0493. The predicted molar refractivity (Wildman–Crippen MR) is 88.5 cm³/mol. The zero-order valence-corrected chi connectivity index (χ0v) is 15.7. The Balaban J connectivity index is 3.22. The zero-order chi connectivity index (χ0) is 20.6. The molecule has 150 valence electrons. The molecule has 0 aromatic carbocycles. The summed E-state index contributed by atoms with van der Waals surface area (Å²) < 4.78 is 31.7. The van der Waals surface area contributed by atoms with Crippen molar-refractivity contribution < 1.29 is 47.6 Å². The fraction of sp³-hybridized carbons (Fsp3) is 0.750. The van der Waals surface area contributed by atoms with Gasteiger partial charge in [0.05, 0.1) is 7.85 Å². The second kappa shape index (κ2) is 10.9. The van der Waals surface area contributed by atoms with E-state index < -0.39 is 54.6 Å². The summed E-state index contributed by atoms with van der Waals surface area (Å²) in [5.41, 5.74) is 0. The van der Waals surface area contributed by atoms with Crippen LogP contribution < -0.4 is 0 Å². The van der Waals surface area contributed by atoms with Gasteiger partial charge < -0.3 is 28.4 Å². The van der Waals surface area contributed by atoms with Crippen molar-refractivity contribution in [3.8, 4) is 0 Å². The molecular formula is C16H23BO10. The summed E-state index contributed by atoms with van der Waals surface area (Å²) in [5.74, 6) is -2.69. The van der Waals surface area contributed by atoms with Crippen LogP contribution in [0.15, 0.2) is 0 Å². The molecule has 1 fully saturated rings. The van der Waals surface area contributed by atoms with Crippen molar-refractivity contribution in [3.05, 3.63) is 0 Å². The zero-order valence-electron chi connectivity index (χ0n) is 15.7. The molecule has 0 saturated carbocycles. The van der Waals surface area contributed by atoms with Crippen molar-refractivity contribution in [2.75, 3.05) is 13.2 Å². The summed E-state index contributed by atoms with van der Waals surface area (Å²) in [6, 6.07) is 0. The van der Waals surface area contributed by atoms with Gasteiger partial charge in [0.1, 0.15) is 12.7 Å². The molecule has 0 N–H and O–H groups in total. The Morgan fingerprint density at radius 2 is 1.33 bits per heavy atom. The van der Waals surface area contributed by atoms with Crippen molar-refractivity contribution in [1.29, 1.82) is 0 Å². The van der Waals surface area contributed by atoms with Crippen LogP contribution in [-0.2, 0) is 47.6 Å². The SMILES string of the molecule is [B]CCOC1O[C@H](COC(C)=O)[C@H](OC(C)=O)[C@H](OC(C)=O)[C@H]1OC(C)=O. The van der Waals surface area contributed by atoms with Gasteiger partial charge in [0.2, 0.25) is 0 Å². The third-order valence-electron chi connectivity index (χ3n) is 3.35. The van der Waals surface area contributed by atoms with Gasteiger partial charge in [-0.1, -0.05) is 6.32 Å². The van der Waals surface area contributed by atoms with E-state index in [1.807, 2.05) is 0 Å². The van der Waals surface area contributed by atoms with E-state index in [1.165, 1.54) is 6.92 Å². The molecule has 1 saturated heterocycles. The predicted octanol–water partition coefficient (Wildman–Crippen LogP) is -0.327. The molecule has 27 heavy (non-hydrogen) atoms. The van der Waals surface area contributed by atoms with Crippen LogP contribution in [0.3, 0.4) is 0 Å². The highest BCUT2D eigenvalue weighted by Gasteiger charge is 2.52. The highest BCUT2D eigenvalue weighted by Crippen LogP contribution is 2.29. The summed E-state index contributed by atoms with van der Waals surface area (Å²) in [6.07, 6.45) is -5.74. The smallest absolute Gasteiger partial charge is 0.303 e. The van der Waals surface area contributed by atoms with Crippen molar-refractivity contribution in [2.45, 2.75) is 64.7 Å². The van der Waals surface area contributed by atoms with E-state index in [1.54, 1.807) is 0 Å². The molecule has 1 unspecified atom stereocenters. The Bertz CT molecular complexity index is 551. The molecule has 0 spiro atoms. The standard InChI is InChI=1S/C16H23BO10/c1-8(18)23-7-12-13(24-9(2)19)14(25-10(3)20)15(26-11(4)21)16(27-12)22-6-5-17/h12-16H,5-7H2,1-4H3/t12-,13+,14+,15-,16?/m1/s1. The van der Waals surface area contributed by atoms with Crippen LogP contribution in [0.25, 0.3) is 0 Å². The number of hydrogen-bond acceptors (Lipinski definition) is 10. The van der Waals surface area contributed by atoms with Crippen LogP contribution in [0.5, 0.6) is 0 Å². The molecule has 0 aromatic heterocycles. The number of carbonyl (C=O) groups is 4. The van der Waals surface area contributed by atoms with Gasteiger partial charge in [0.25, 0.3) is 0 Å². The van der Waals surface area contributed by atoms with Crippen LogP contribution in [0, 0.1) is 0 Å². The average Bonchev–Trinajstić information content (AvgIpc) is 2.54. The summed E-state index contributed by atoms with van der Waals surface area (Å²) in [5, 5.41) is 0. The Hall–Kier alpha value is -2.14. The van der Waals surface area contributed by atoms with E-state index in [0.717, 1.165) is 20.8 Å². The van der Waals surface area contributed by atoms with Crippen LogP contribution in [0.1, 0.15) is 27.7 Å². The molecule has 0 aliphatic carbocycles. The first-order chi connectivity index (χ1) is 12.6. The summed E-state index contributed by atoms with van der Waals surface area (Å²) >= 11 is 0. The molecule has 11 heteroatoms. The quantitative estimate of drug-likeness (QED) is 0.311. The molecule has 10 nitrogen and oxygen atoms in total. The summed E-state index contributed by atoms with van der Waals surface area (Å²) in [7, 11) is 5.42. The van der Waals surface area contributed by atoms with Crippen LogP contribution >= 0.6 is 0 Å². The molecule has 1 heterocycles. The van der Waals surface area contributed by atoms with Gasteiger partial charge in [-0.05, 0) is 0 Å². The first-order valence-corrected chi connectivity index (χ1v) is 8.27. The lowest BCUT2D eigenvalue weighted by Crippen LogP contribution is -2.63. The Morgan fingerprint density at radius 1 is 0.815 bits per heavy atom. The van der Waals surface area contributed by atoms with Crippen LogP contribution in [0.2, 0.25) is 6.32 Å². The number of ether oxygens (including phenoxy) is 6. The third-order valence-corrected chi connectivity index (χ3v) is 3.35. The minimum Gasteiger partial charge on any atom is -0.463 e. The van der Waals surface area contributed by atoms with E-state index in [-0.39, 0.29) is 19.5 Å². The third kappa shape index (κ3) is 7.55. The van der Waals surface area contributed by atoms with E-state index in [2.05, 4.69) is 0 Å². The highest BCUT2D eigenvalue weighted by atomic mass is 16.7. The molecular weight excluding hydrogens is 363 g/mol. The first kappa shape index (κ1) is 22.9. The van der Waals surface area contributed by atoms with Gasteiger partial charge in [-0.3, -0.25) is 19.2 Å². The van der Waals surface area contributed by atoms with E-state index in [0.29, 0.717) is 0 Å². The molecule has 1 aliphatic heterocycles. The van der Waals surface area contributed by atoms with E-state index >= 15 is 0 Å². The maximum absolute atomic E-state index is 11.6. The maximum atomic E-state index is 11.6. The minimum atomic E-state index is -1.24. The first-order valence-electron chi connectivity index (χ1n) is 8.27. The van der Waals surface area contributed by atoms with Gasteiger partial charge in [-0.2, -0.15) is 0 Å². The number of rotatable bonds is 8. The molecule has 0 bridgehead atoms. The number of esters is 4. The fourth-order valence-corrected chi connectivity index (χ4v) is 2.51. The van der Waals surface area contributed by atoms with Gasteiger partial charge in [0.15, 0.2) is 24.6 Å². The fourth-order valence-electron chi connectivity index (χ4n) is 2.51. The van der Waals surface area contributed by atoms with Gasteiger partial charge in [-0.25, -0.2) is 0 Å². The topological polar surface area (TPSA) is 124 Å². The lowest BCUT2D eigenvalue weighted by molar-refractivity contribution is -0.307. The Morgan fingerprint density at radius 3 is 1.81 bits per heavy atom. The molecule has 5 atom stereocenters. The van der Waals surface area contributed by atoms with Gasteiger partial charge in [-0.15, -0.1) is 0 Å². The molecule has 0 aromatic rings. The second-order valence-electron chi connectivity index (χ2n) is 5.73. The molecule has 1 aliphatic rings. The Kier molecular flexibility index (Phi) is 9.23. The monoisotopic (exact) mass is 386 g/mol. The van der Waals surface area contributed by atoms with Crippen LogP contribution in [0.4, 0.5) is 0 Å². The van der Waals surface area contributed by atoms with Gasteiger partial charge in [0, 0.05) is 34.3 Å². The van der Waals surface area contributed by atoms with Crippen molar-refractivity contribution in [3.63, 3.8) is 0 Å². The summed E-state index contributed by atoms with van der Waals surface area (Å²) in [6.45, 7) is 4.37. The van der Waals surface area contributed by atoms with E-state index in [4.69, 9.17) is 36.3 Å². The number of carbonyl (C=O) groups excluding carboxylic acids is 4. The molecule has 1 rings (SSSR count). The highest BCUT2D eigenvalue weighted by molar-refractivity contribution is 6.08. The van der Waals surface area contributed by atoms with Crippen molar-refractivity contribution in [1.82, 2.24) is 0 Å². The molecule has 0 amide bonds. The normalized spacial score (nSPS) is 27.3. The largest absolute Gasteiger partial charge is 0.463 e. The molecule has 2 radical (unpaired) electrons. The number of hydrogen-bond donors (Lipinski definition) is 0. The average molecular weight is 386 g/mol.